The van der Waals surface area contributed by atoms with Gasteiger partial charge in [-0.2, -0.15) is 0 Å². The zero-order valence-corrected chi connectivity index (χ0v) is 13.9. The van der Waals surface area contributed by atoms with Crippen LogP contribution in [0.4, 0.5) is 19.5 Å². The molecule has 0 aliphatic carbocycles. The van der Waals surface area contributed by atoms with Gasteiger partial charge < -0.3 is 15.2 Å². The van der Waals surface area contributed by atoms with Crippen molar-refractivity contribution in [3.8, 4) is 0 Å². The van der Waals surface area contributed by atoms with E-state index in [2.05, 4.69) is 10.6 Å². The Kier molecular flexibility index (Phi) is 5.68. The van der Waals surface area contributed by atoms with Gasteiger partial charge in [0.05, 0.1) is 22.1 Å². The van der Waals surface area contributed by atoms with Crippen LogP contribution in [0.2, 0.25) is 5.02 Å². The third-order valence-electron chi connectivity index (χ3n) is 2.83. The number of aryl methyl sites for hydroxylation is 1. The maximum absolute atomic E-state index is 13.6. The molecule has 2 amide bonds. The van der Waals surface area contributed by atoms with Gasteiger partial charge in [-0.25, -0.2) is 8.78 Å². The highest BCUT2D eigenvalue weighted by molar-refractivity contribution is 7.19. The summed E-state index contributed by atoms with van der Waals surface area (Å²) < 4.78 is 26.8. The zero-order valence-electron chi connectivity index (χ0n) is 12.4. The molecule has 2 heterocycles. The Bertz CT molecular complexity index is 850. The first-order chi connectivity index (χ1) is 11.3. The van der Waals surface area contributed by atoms with Gasteiger partial charge in [0.15, 0.2) is 5.82 Å². The molecule has 2 N–H and O–H groups in total. The Labute approximate surface area is 144 Å². The molecule has 0 saturated carbocycles. The van der Waals surface area contributed by atoms with Crippen LogP contribution >= 0.6 is 22.9 Å². The monoisotopic (exact) mass is 375 g/mol. The Morgan fingerprint density at radius 3 is 2.67 bits per heavy atom. The molecule has 0 fully saturated rings. The van der Waals surface area contributed by atoms with Crippen molar-refractivity contribution >= 4 is 45.4 Å². The normalized spacial score (nSPS) is 10.5. The van der Waals surface area contributed by atoms with Crippen molar-refractivity contribution in [3.63, 3.8) is 0 Å². The predicted molar refractivity (Wildman–Crippen MR) is 88.2 cm³/mol. The van der Waals surface area contributed by atoms with E-state index in [0.29, 0.717) is 5.00 Å². The largest absolute Gasteiger partial charge is 0.320 e. The van der Waals surface area contributed by atoms with Crippen molar-refractivity contribution in [2.45, 2.75) is 13.5 Å². The lowest BCUT2D eigenvalue weighted by atomic mass is 10.3. The maximum Gasteiger partial charge on any atom is 0.286 e. The maximum atomic E-state index is 13.6. The van der Waals surface area contributed by atoms with Crippen LogP contribution < -0.4 is 16.2 Å². The highest BCUT2D eigenvalue weighted by atomic mass is 35.5. The summed E-state index contributed by atoms with van der Waals surface area (Å²) in [4.78, 5) is 34.9. The molecule has 2 rings (SSSR count). The van der Waals surface area contributed by atoms with Crippen LogP contribution in [-0.4, -0.2) is 23.1 Å². The molecule has 24 heavy (non-hydrogen) atoms. The third kappa shape index (κ3) is 4.18. The van der Waals surface area contributed by atoms with E-state index in [1.165, 1.54) is 13.0 Å². The zero-order chi connectivity index (χ0) is 17.9. The van der Waals surface area contributed by atoms with Crippen LogP contribution in [0.15, 0.2) is 23.1 Å². The lowest BCUT2D eigenvalue weighted by Crippen LogP contribution is -2.24. The van der Waals surface area contributed by atoms with Crippen molar-refractivity contribution in [3.05, 3.63) is 44.4 Å². The van der Waals surface area contributed by atoms with E-state index >= 15 is 0 Å². The van der Waals surface area contributed by atoms with Crippen molar-refractivity contribution in [1.29, 1.82) is 0 Å². The molecule has 0 spiro atoms. The SMILES string of the molecule is CC(=O)Nc1sc(C(=O)Nc2cc(F)c(=O)n(CCF)c2)cc1Cl. The number of carbonyl (C=O) groups is 2. The molecule has 0 saturated heterocycles. The molecule has 2 aromatic heterocycles. The molecule has 0 radical (unpaired) electrons. The number of alkyl halides is 1. The number of hydrogen-bond donors (Lipinski definition) is 2. The summed E-state index contributed by atoms with van der Waals surface area (Å²) in [6.45, 7) is 0.126. The van der Waals surface area contributed by atoms with Crippen LogP contribution in [0.1, 0.15) is 16.6 Å². The smallest absolute Gasteiger partial charge is 0.286 e. The van der Waals surface area contributed by atoms with Crippen molar-refractivity contribution in [2.24, 2.45) is 0 Å². The minimum Gasteiger partial charge on any atom is -0.320 e. The van der Waals surface area contributed by atoms with Gasteiger partial charge in [-0.15, -0.1) is 11.3 Å². The topological polar surface area (TPSA) is 80.2 Å². The highest BCUT2D eigenvalue weighted by Gasteiger charge is 2.16. The number of amides is 2. The summed E-state index contributed by atoms with van der Waals surface area (Å²) in [5.41, 5.74) is -0.978. The number of nitrogens with zero attached hydrogens (tertiary/aromatic N) is 1. The van der Waals surface area contributed by atoms with E-state index in [1.807, 2.05) is 0 Å². The summed E-state index contributed by atoms with van der Waals surface area (Å²) in [6.07, 6.45) is 1.15. The lowest BCUT2D eigenvalue weighted by Gasteiger charge is -2.08. The number of aromatic nitrogens is 1. The van der Waals surface area contributed by atoms with E-state index < -0.39 is 24.0 Å². The number of pyridine rings is 1. The Balaban J connectivity index is 2.24. The first-order valence-electron chi connectivity index (χ1n) is 6.66. The second-order valence-corrected chi connectivity index (χ2v) is 6.15. The van der Waals surface area contributed by atoms with Crippen molar-refractivity contribution < 1.29 is 18.4 Å². The standard InChI is InChI=1S/C14H12ClF2N3O3S/c1-7(21)18-13-9(15)5-11(24-13)12(22)19-8-4-10(17)14(23)20(6-8)3-2-16/h4-6H,2-3H2,1H3,(H,18,21)(H,19,22). The first-order valence-corrected chi connectivity index (χ1v) is 7.85. The van der Waals surface area contributed by atoms with Gasteiger partial charge in [0.2, 0.25) is 5.91 Å². The van der Waals surface area contributed by atoms with Gasteiger partial charge in [-0.3, -0.25) is 14.4 Å². The van der Waals surface area contributed by atoms with Crippen molar-refractivity contribution in [1.82, 2.24) is 4.57 Å². The molecule has 10 heteroatoms. The summed E-state index contributed by atoms with van der Waals surface area (Å²) >= 11 is 6.86. The van der Waals surface area contributed by atoms with Crippen molar-refractivity contribution in [2.75, 3.05) is 17.3 Å². The predicted octanol–water partition coefficient (Wildman–Crippen LogP) is 2.88. The molecule has 6 nitrogen and oxygen atoms in total. The molecule has 2 aromatic rings. The number of thiophene rings is 1. The summed E-state index contributed by atoms with van der Waals surface area (Å²) in [6, 6.07) is 2.19. The molecular weight excluding hydrogens is 364 g/mol. The fourth-order valence-corrected chi connectivity index (χ4v) is 3.07. The average molecular weight is 376 g/mol. The minimum absolute atomic E-state index is 0.00357. The number of nitrogens with one attached hydrogen (secondary N) is 2. The highest BCUT2D eigenvalue weighted by Crippen LogP contribution is 2.32. The van der Waals surface area contributed by atoms with Gasteiger partial charge in [0, 0.05) is 19.2 Å². The molecule has 0 atom stereocenters. The number of anilines is 2. The summed E-state index contributed by atoms with van der Waals surface area (Å²) in [5, 5.41) is 5.37. The second-order valence-electron chi connectivity index (χ2n) is 4.69. The van der Waals surface area contributed by atoms with Crippen LogP contribution in [0, 0.1) is 5.82 Å². The van der Waals surface area contributed by atoms with E-state index in [4.69, 9.17) is 11.6 Å². The molecular formula is C14H12ClF2N3O3S. The number of carbonyl (C=O) groups excluding carboxylic acids is 2. The Hall–Kier alpha value is -2.26. The Morgan fingerprint density at radius 1 is 1.33 bits per heavy atom. The molecule has 0 bridgehead atoms. The molecule has 0 aliphatic rings. The number of hydrogen-bond acceptors (Lipinski definition) is 4. The van der Waals surface area contributed by atoms with Crippen LogP contribution in [0.5, 0.6) is 0 Å². The van der Waals surface area contributed by atoms with E-state index in [9.17, 15) is 23.2 Å². The number of rotatable bonds is 5. The fourth-order valence-electron chi connectivity index (χ4n) is 1.84. The number of halogens is 3. The van der Waals surface area contributed by atoms with E-state index in [0.717, 1.165) is 28.2 Å². The fraction of sp³-hybridized carbons (Fsp3) is 0.214. The molecule has 0 aromatic carbocycles. The Morgan fingerprint density at radius 2 is 2.04 bits per heavy atom. The van der Waals surface area contributed by atoms with Crippen LogP contribution in [-0.2, 0) is 11.3 Å². The van der Waals surface area contributed by atoms with Gasteiger partial charge in [-0.1, -0.05) is 11.6 Å². The summed E-state index contributed by atoms with van der Waals surface area (Å²) in [7, 11) is 0. The third-order valence-corrected chi connectivity index (χ3v) is 4.29. The first kappa shape index (κ1) is 18.1. The van der Waals surface area contributed by atoms with Gasteiger partial charge in [-0.05, 0) is 6.07 Å². The molecule has 0 unspecified atom stereocenters. The average Bonchev–Trinajstić information content (AvgIpc) is 2.85. The van der Waals surface area contributed by atoms with E-state index in [1.54, 1.807) is 0 Å². The van der Waals surface area contributed by atoms with Gasteiger partial charge >= 0.3 is 0 Å². The van der Waals surface area contributed by atoms with E-state index in [-0.39, 0.29) is 28.0 Å². The molecule has 128 valence electrons. The molecule has 0 aliphatic heterocycles. The summed E-state index contributed by atoms with van der Waals surface area (Å²) in [5.74, 6) is -2.06. The van der Waals surface area contributed by atoms with Gasteiger partial charge in [0.1, 0.15) is 11.7 Å². The lowest BCUT2D eigenvalue weighted by molar-refractivity contribution is -0.114. The second kappa shape index (κ2) is 7.54. The van der Waals surface area contributed by atoms with Gasteiger partial charge in [0.25, 0.3) is 11.5 Å². The quantitative estimate of drug-likeness (QED) is 0.843. The minimum atomic E-state index is -1.11. The van der Waals surface area contributed by atoms with Crippen LogP contribution in [0.3, 0.4) is 0 Å². The van der Waals surface area contributed by atoms with Crippen LogP contribution in [0.25, 0.3) is 0 Å².